The summed E-state index contributed by atoms with van der Waals surface area (Å²) in [7, 11) is 0. The van der Waals surface area contributed by atoms with Crippen LogP contribution in [0.15, 0.2) is 24.3 Å². The fourth-order valence-electron chi connectivity index (χ4n) is 2.42. The molecule has 0 saturated carbocycles. The molecule has 1 heterocycles. The molecule has 1 aromatic carbocycles. The maximum Gasteiger partial charge on any atom is 0.233 e. The Morgan fingerprint density at radius 1 is 1.44 bits per heavy atom. The molecule has 1 saturated heterocycles. The first kappa shape index (κ1) is 13.5. The van der Waals surface area contributed by atoms with Crippen molar-refractivity contribution in [2.24, 2.45) is 5.73 Å². The number of nitrogens with zero attached hydrogens (tertiary/aromatic N) is 1. The molecule has 2 N–H and O–H groups in total. The van der Waals surface area contributed by atoms with Crippen LogP contribution in [0.5, 0.6) is 0 Å². The Morgan fingerprint density at radius 3 is 2.67 bits per heavy atom. The Kier molecular flexibility index (Phi) is 4.35. The number of amides is 1. The predicted octanol–water partition coefficient (Wildman–Crippen LogP) is 1.86. The van der Waals surface area contributed by atoms with E-state index in [4.69, 9.17) is 5.73 Å². The van der Waals surface area contributed by atoms with Crippen LogP contribution in [-0.4, -0.2) is 35.3 Å². The van der Waals surface area contributed by atoms with Crippen LogP contribution in [0.4, 0.5) is 4.39 Å². The van der Waals surface area contributed by atoms with E-state index in [1.807, 2.05) is 0 Å². The van der Waals surface area contributed by atoms with Crippen LogP contribution in [0.25, 0.3) is 0 Å². The zero-order valence-corrected chi connectivity index (χ0v) is 11.6. The van der Waals surface area contributed by atoms with Crippen molar-refractivity contribution < 1.29 is 9.18 Å². The van der Waals surface area contributed by atoms with Crippen molar-refractivity contribution in [3.8, 4) is 0 Å². The average Bonchev–Trinajstić information content (AvgIpc) is 2.39. The SMILES string of the molecule is NC1CN(C(=O)CBr)CCC1c1ccc(F)cc1. The molecule has 1 aliphatic rings. The topological polar surface area (TPSA) is 46.3 Å². The maximum atomic E-state index is 12.9. The van der Waals surface area contributed by atoms with Gasteiger partial charge in [-0.1, -0.05) is 28.1 Å². The van der Waals surface area contributed by atoms with Gasteiger partial charge in [0.2, 0.25) is 5.91 Å². The van der Waals surface area contributed by atoms with Gasteiger partial charge in [-0.2, -0.15) is 0 Å². The highest BCUT2D eigenvalue weighted by Crippen LogP contribution is 2.27. The number of piperidine rings is 1. The van der Waals surface area contributed by atoms with Crippen molar-refractivity contribution in [2.75, 3.05) is 18.4 Å². The Labute approximate surface area is 114 Å². The Hall–Kier alpha value is -0.940. The lowest BCUT2D eigenvalue weighted by Gasteiger charge is -2.36. The second-order valence-electron chi connectivity index (χ2n) is 4.58. The quantitative estimate of drug-likeness (QED) is 0.847. The van der Waals surface area contributed by atoms with Gasteiger partial charge in [-0.15, -0.1) is 0 Å². The van der Waals surface area contributed by atoms with Gasteiger partial charge in [-0.05, 0) is 24.1 Å². The molecule has 1 amide bonds. The summed E-state index contributed by atoms with van der Waals surface area (Å²) in [5.41, 5.74) is 7.18. The minimum atomic E-state index is -0.237. The average molecular weight is 315 g/mol. The summed E-state index contributed by atoms with van der Waals surface area (Å²) < 4.78 is 12.9. The highest BCUT2D eigenvalue weighted by atomic mass is 79.9. The first-order chi connectivity index (χ1) is 8.61. The number of carbonyl (C=O) groups excluding carboxylic acids is 1. The summed E-state index contributed by atoms with van der Waals surface area (Å²) >= 11 is 3.16. The molecule has 0 aromatic heterocycles. The normalized spacial score (nSPS) is 24.1. The van der Waals surface area contributed by atoms with Gasteiger partial charge in [0.15, 0.2) is 0 Å². The lowest BCUT2D eigenvalue weighted by atomic mass is 9.86. The molecule has 0 spiro atoms. The predicted molar refractivity (Wildman–Crippen MR) is 72.1 cm³/mol. The molecule has 2 atom stereocenters. The summed E-state index contributed by atoms with van der Waals surface area (Å²) in [5, 5.41) is 0.334. The molecular formula is C13H16BrFN2O. The molecule has 3 nitrogen and oxygen atoms in total. The smallest absolute Gasteiger partial charge is 0.233 e. The van der Waals surface area contributed by atoms with Gasteiger partial charge in [0.25, 0.3) is 0 Å². The number of carbonyl (C=O) groups is 1. The molecule has 2 unspecified atom stereocenters. The third-order valence-corrected chi connectivity index (χ3v) is 3.90. The van der Waals surface area contributed by atoms with Crippen LogP contribution in [0, 0.1) is 5.82 Å². The fraction of sp³-hybridized carbons (Fsp3) is 0.462. The zero-order valence-electron chi connectivity index (χ0n) is 9.98. The Bertz CT molecular complexity index is 424. The van der Waals surface area contributed by atoms with Gasteiger partial charge in [0, 0.05) is 25.0 Å². The first-order valence-corrected chi connectivity index (χ1v) is 7.08. The summed E-state index contributed by atoms with van der Waals surface area (Å²) in [5.74, 6) is 0.0344. The van der Waals surface area contributed by atoms with Crippen molar-refractivity contribution in [3.63, 3.8) is 0 Å². The van der Waals surface area contributed by atoms with Crippen molar-refractivity contribution in [3.05, 3.63) is 35.6 Å². The van der Waals surface area contributed by atoms with E-state index >= 15 is 0 Å². The van der Waals surface area contributed by atoms with E-state index in [1.165, 1.54) is 12.1 Å². The third-order valence-electron chi connectivity index (χ3n) is 3.42. The number of hydrogen-bond donors (Lipinski definition) is 1. The number of likely N-dealkylation sites (tertiary alicyclic amines) is 1. The minimum Gasteiger partial charge on any atom is -0.340 e. The van der Waals surface area contributed by atoms with Crippen LogP contribution in [-0.2, 0) is 4.79 Å². The van der Waals surface area contributed by atoms with Crippen molar-refractivity contribution in [2.45, 2.75) is 18.4 Å². The molecular weight excluding hydrogens is 299 g/mol. The van der Waals surface area contributed by atoms with Gasteiger partial charge < -0.3 is 10.6 Å². The lowest BCUT2D eigenvalue weighted by molar-refractivity contribution is -0.129. The van der Waals surface area contributed by atoms with Crippen LogP contribution in [0.2, 0.25) is 0 Å². The number of halogens is 2. The fourth-order valence-corrected chi connectivity index (χ4v) is 2.77. The van der Waals surface area contributed by atoms with Crippen LogP contribution in [0.1, 0.15) is 17.9 Å². The van der Waals surface area contributed by atoms with E-state index in [9.17, 15) is 9.18 Å². The third kappa shape index (κ3) is 2.90. The molecule has 0 aliphatic carbocycles. The van der Waals surface area contributed by atoms with Gasteiger partial charge in [0.05, 0.1) is 5.33 Å². The van der Waals surface area contributed by atoms with Gasteiger partial charge >= 0.3 is 0 Å². The van der Waals surface area contributed by atoms with Crippen molar-refractivity contribution >= 4 is 21.8 Å². The molecule has 0 bridgehead atoms. The summed E-state index contributed by atoms with van der Waals surface area (Å²) in [6.07, 6.45) is 0.825. The van der Waals surface area contributed by atoms with Crippen molar-refractivity contribution in [1.82, 2.24) is 4.90 Å². The Morgan fingerprint density at radius 2 is 2.11 bits per heavy atom. The number of alkyl halides is 1. The monoisotopic (exact) mass is 314 g/mol. The molecule has 1 aromatic rings. The molecule has 1 fully saturated rings. The summed E-state index contributed by atoms with van der Waals surface area (Å²) in [6.45, 7) is 1.27. The van der Waals surface area contributed by atoms with E-state index in [1.54, 1.807) is 17.0 Å². The van der Waals surface area contributed by atoms with Crippen molar-refractivity contribution in [1.29, 1.82) is 0 Å². The van der Waals surface area contributed by atoms with Crippen LogP contribution in [0.3, 0.4) is 0 Å². The highest BCUT2D eigenvalue weighted by Gasteiger charge is 2.29. The number of hydrogen-bond acceptors (Lipinski definition) is 2. The van der Waals surface area contributed by atoms with E-state index in [-0.39, 0.29) is 23.7 Å². The van der Waals surface area contributed by atoms with Gasteiger partial charge in [-0.25, -0.2) is 4.39 Å². The Balaban J connectivity index is 2.05. The molecule has 2 rings (SSSR count). The van der Waals surface area contributed by atoms with E-state index in [2.05, 4.69) is 15.9 Å². The van der Waals surface area contributed by atoms with Gasteiger partial charge in [-0.3, -0.25) is 4.79 Å². The van der Waals surface area contributed by atoms with Crippen LogP contribution < -0.4 is 5.73 Å². The lowest BCUT2D eigenvalue weighted by Crippen LogP contribution is -2.49. The first-order valence-electron chi connectivity index (χ1n) is 5.96. The molecule has 5 heteroatoms. The highest BCUT2D eigenvalue weighted by molar-refractivity contribution is 9.09. The van der Waals surface area contributed by atoms with E-state index in [0.29, 0.717) is 18.4 Å². The number of rotatable bonds is 2. The zero-order chi connectivity index (χ0) is 13.1. The maximum absolute atomic E-state index is 12.9. The second kappa shape index (κ2) is 5.80. The van der Waals surface area contributed by atoms with Crippen LogP contribution >= 0.6 is 15.9 Å². The molecule has 18 heavy (non-hydrogen) atoms. The summed E-state index contributed by atoms with van der Waals surface area (Å²) in [6, 6.07) is 6.38. The minimum absolute atomic E-state index is 0.0722. The molecule has 1 aliphatic heterocycles. The van der Waals surface area contributed by atoms with E-state index < -0.39 is 0 Å². The molecule has 0 radical (unpaired) electrons. The summed E-state index contributed by atoms with van der Waals surface area (Å²) in [4.78, 5) is 13.4. The van der Waals surface area contributed by atoms with E-state index in [0.717, 1.165) is 12.0 Å². The van der Waals surface area contributed by atoms with Gasteiger partial charge in [0.1, 0.15) is 5.82 Å². The standard InChI is InChI=1S/C13H16BrFN2O/c14-7-13(18)17-6-5-11(12(16)8-17)9-1-3-10(15)4-2-9/h1-4,11-12H,5-8,16H2. The number of nitrogens with two attached hydrogens (primary N) is 1. The second-order valence-corrected chi connectivity index (χ2v) is 5.14. The molecule has 98 valence electrons. The largest absolute Gasteiger partial charge is 0.340 e. The number of benzene rings is 1.